The molecule has 3 heteroatoms. The van der Waals surface area contributed by atoms with Crippen LogP contribution in [0.3, 0.4) is 0 Å². The van der Waals surface area contributed by atoms with Gasteiger partial charge in [0.25, 0.3) is 0 Å². The summed E-state index contributed by atoms with van der Waals surface area (Å²) in [5.41, 5.74) is 0. The Bertz CT molecular complexity index is 70.8. The summed E-state index contributed by atoms with van der Waals surface area (Å²) < 4.78 is 4.61. The van der Waals surface area contributed by atoms with Gasteiger partial charge in [0.05, 0.1) is 6.10 Å². The van der Waals surface area contributed by atoms with Crippen LogP contribution in [0.15, 0.2) is 0 Å². The molecule has 46 valence electrons. The summed E-state index contributed by atoms with van der Waals surface area (Å²) in [5, 5.41) is 0. The Hall–Kier alpha value is 0.184. The van der Waals surface area contributed by atoms with E-state index in [-0.39, 0.29) is 33.8 Å². The Labute approximate surface area is 64.5 Å². The monoisotopic (exact) mass is 150 g/mol. The molecule has 0 unspecified atom stereocenters. The predicted octanol–water partition coefficient (Wildman–Crippen LogP) is 0.955. The molecule has 0 bridgehead atoms. The van der Waals surface area contributed by atoms with E-state index >= 15 is 0 Å². The fourth-order valence-electron chi connectivity index (χ4n) is 0.332. The van der Waals surface area contributed by atoms with Crippen molar-refractivity contribution in [2.24, 2.45) is 0 Å². The summed E-state index contributed by atoms with van der Waals surface area (Å²) in [7, 11) is 0. The van der Waals surface area contributed by atoms with Gasteiger partial charge in [-0.15, -0.1) is 0 Å². The summed E-state index contributed by atoms with van der Waals surface area (Å²) in [6.45, 7) is 5.04. The van der Waals surface area contributed by atoms with E-state index in [9.17, 15) is 4.79 Å². The van der Waals surface area contributed by atoms with Gasteiger partial charge >= 0.3 is 5.97 Å². The molecule has 0 amide bonds. The molecule has 0 radical (unpaired) electrons. The third kappa shape index (κ3) is 9.49. The van der Waals surface area contributed by atoms with Gasteiger partial charge in [-0.3, -0.25) is 4.79 Å². The first kappa shape index (κ1) is 11.0. The first-order valence-corrected chi connectivity index (χ1v) is 2.30. The number of hydrogen-bond donors (Lipinski definition) is 0. The summed E-state index contributed by atoms with van der Waals surface area (Å²) >= 11 is 0. The minimum Gasteiger partial charge on any atom is -0.463 e. The Morgan fingerprint density at radius 1 is 1.50 bits per heavy atom. The van der Waals surface area contributed by atoms with Crippen LogP contribution in [0.25, 0.3) is 0 Å². The molecule has 0 N–H and O–H groups in total. The average Bonchev–Trinajstić information content (AvgIpc) is 1.27. The SMILES string of the molecule is CC(=O)OC(C)C.[Ti]. The van der Waals surface area contributed by atoms with Crippen LogP contribution < -0.4 is 0 Å². The van der Waals surface area contributed by atoms with Crippen LogP contribution in [0.4, 0.5) is 0 Å². The quantitative estimate of drug-likeness (QED) is 0.411. The smallest absolute Gasteiger partial charge is 0.302 e. The van der Waals surface area contributed by atoms with Crippen LogP contribution in [0.1, 0.15) is 20.8 Å². The van der Waals surface area contributed by atoms with E-state index in [0.717, 1.165) is 0 Å². The Morgan fingerprint density at radius 2 is 1.88 bits per heavy atom. The van der Waals surface area contributed by atoms with Gasteiger partial charge in [0.1, 0.15) is 0 Å². The summed E-state index contributed by atoms with van der Waals surface area (Å²) in [6, 6.07) is 0. The van der Waals surface area contributed by atoms with Gasteiger partial charge in [0.2, 0.25) is 0 Å². The Kier molecular flexibility index (Phi) is 7.35. The van der Waals surface area contributed by atoms with Gasteiger partial charge < -0.3 is 4.74 Å². The van der Waals surface area contributed by atoms with E-state index in [1.807, 2.05) is 13.8 Å². The van der Waals surface area contributed by atoms with Crippen molar-refractivity contribution in [1.82, 2.24) is 0 Å². The van der Waals surface area contributed by atoms with E-state index in [1.165, 1.54) is 6.92 Å². The standard InChI is InChI=1S/C5H10O2.Ti/c1-4(2)7-5(3)6;/h4H,1-3H3;. The second kappa shape index (κ2) is 5.32. The predicted molar refractivity (Wildman–Crippen MR) is 26.9 cm³/mol. The van der Waals surface area contributed by atoms with Crippen LogP contribution in [-0.4, -0.2) is 12.1 Å². The van der Waals surface area contributed by atoms with Gasteiger partial charge in [-0.05, 0) is 13.8 Å². The second-order valence-corrected chi connectivity index (χ2v) is 1.66. The van der Waals surface area contributed by atoms with Crippen molar-refractivity contribution in [3.63, 3.8) is 0 Å². The molecule has 0 aliphatic heterocycles. The molecule has 0 saturated heterocycles. The maximum absolute atomic E-state index is 10.0. The molecule has 0 fully saturated rings. The fourth-order valence-corrected chi connectivity index (χ4v) is 0.332. The molecule has 8 heavy (non-hydrogen) atoms. The van der Waals surface area contributed by atoms with E-state index < -0.39 is 0 Å². The number of esters is 1. The van der Waals surface area contributed by atoms with Crippen molar-refractivity contribution in [1.29, 1.82) is 0 Å². The number of carbonyl (C=O) groups excluding carboxylic acids is 1. The molecule has 0 atom stereocenters. The Balaban J connectivity index is 0. The average molecular weight is 150 g/mol. The fraction of sp³-hybridized carbons (Fsp3) is 0.800. The zero-order chi connectivity index (χ0) is 5.86. The van der Waals surface area contributed by atoms with Crippen LogP contribution in [0, 0.1) is 0 Å². The van der Waals surface area contributed by atoms with E-state index in [4.69, 9.17) is 0 Å². The molecule has 0 heterocycles. The first-order valence-electron chi connectivity index (χ1n) is 2.30. The summed E-state index contributed by atoms with van der Waals surface area (Å²) in [4.78, 5) is 10.0. The van der Waals surface area contributed by atoms with Crippen molar-refractivity contribution >= 4 is 5.97 Å². The molecule has 0 aromatic carbocycles. The molecule has 0 rings (SSSR count). The minimum absolute atomic E-state index is 0. The van der Waals surface area contributed by atoms with Crippen molar-refractivity contribution in [2.45, 2.75) is 26.9 Å². The molecular formula is C5H10O2Ti. The molecule has 0 aromatic heterocycles. The maximum atomic E-state index is 10.0. The number of hydrogen-bond acceptors (Lipinski definition) is 2. The van der Waals surface area contributed by atoms with E-state index in [0.29, 0.717) is 0 Å². The number of carbonyl (C=O) groups is 1. The summed E-state index contributed by atoms with van der Waals surface area (Å²) in [6.07, 6.45) is 0.0255. The van der Waals surface area contributed by atoms with Crippen LogP contribution >= 0.6 is 0 Å². The zero-order valence-electron chi connectivity index (χ0n) is 5.39. The third-order valence-electron chi connectivity index (χ3n) is 0.402. The first-order chi connectivity index (χ1) is 3.13. The van der Waals surface area contributed by atoms with Crippen molar-refractivity contribution in [3.05, 3.63) is 0 Å². The largest absolute Gasteiger partial charge is 0.463 e. The topological polar surface area (TPSA) is 26.3 Å². The molecule has 0 aliphatic rings. The normalized spacial score (nSPS) is 8.00. The summed E-state index contributed by atoms with van der Waals surface area (Å²) in [5.74, 6) is -0.213. The van der Waals surface area contributed by atoms with Crippen LogP contribution in [0.2, 0.25) is 0 Å². The van der Waals surface area contributed by atoms with E-state index in [1.54, 1.807) is 0 Å². The van der Waals surface area contributed by atoms with Gasteiger partial charge in [-0.1, -0.05) is 0 Å². The maximum Gasteiger partial charge on any atom is 0.302 e. The van der Waals surface area contributed by atoms with Crippen molar-refractivity contribution in [2.75, 3.05) is 0 Å². The van der Waals surface area contributed by atoms with Crippen molar-refractivity contribution in [3.8, 4) is 0 Å². The second-order valence-electron chi connectivity index (χ2n) is 1.66. The van der Waals surface area contributed by atoms with Crippen LogP contribution in [-0.2, 0) is 31.2 Å². The molecule has 0 aliphatic carbocycles. The van der Waals surface area contributed by atoms with E-state index in [2.05, 4.69) is 4.74 Å². The molecule has 2 nitrogen and oxygen atoms in total. The van der Waals surface area contributed by atoms with Gasteiger partial charge in [0, 0.05) is 28.6 Å². The molecule has 0 spiro atoms. The zero-order valence-corrected chi connectivity index (χ0v) is 6.96. The molecular weight excluding hydrogens is 140 g/mol. The number of rotatable bonds is 1. The molecule has 0 saturated carbocycles. The van der Waals surface area contributed by atoms with Gasteiger partial charge in [0.15, 0.2) is 0 Å². The van der Waals surface area contributed by atoms with Crippen LogP contribution in [0.5, 0.6) is 0 Å². The Morgan fingerprint density at radius 3 is 1.88 bits per heavy atom. The molecule has 0 aromatic rings. The third-order valence-corrected chi connectivity index (χ3v) is 0.402. The minimum atomic E-state index is -0.213. The van der Waals surface area contributed by atoms with Crippen molar-refractivity contribution < 1.29 is 31.2 Å². The number of ether oxygens (including phenoxy) is 1. The van der Waals surface area contributed by atoms with Gasteiger partial charge in [-0.25, -0.2) is 0 Å². The van der Waals surface area contributed by atoms with Gasteiger partial charge in [-0.2, -0.15) is 0 Å².